The summed E-state index contributed by atoms with van der Waals surface area (Å²) in [6, 6.07) is 6.30. The van der Waals surface area contributed by atoms with E-state index in [-0.39, 0.29) is 24.1 Å². The maximum absolute atomic E-state index is 13.6. The maximum Gasteiger partial charge on any atom is 0.227 e. The highest BCUT2D eigenvalue weighted by Crippen LogP contribution is 2.34. The van der Waals surface area contributed by atoms with E-state index in [0.29, 0.717) is 37.9 Å². The molecule has 5 heteroatoms. The highest BCUT2D eigenvalue weighted by molar-refractivity contribution is 5.82. The van der Waals surface area contributed by atoms with Gasteiger partial charge in [0, 0.05) is 13.1 Å². The standard InChI is InChI=1S/C16H21FN2O2/c1-2-16(15(18)21)7-9-19(10-8-16)14(20)11-12-5-3-4-6-13(12)17/h3-6H,2,7-11H2,1H3,(H2,18,21). The first-order valence-electron chi connectivity index (χ1n) is 7.29. The Labute approximate surface area is 124 Å². The molecule has 1 fully saturated rings. The molecule has 2 amide bonds. The monoisotopic (exact) mass is 292 g/mol. The number of carbonyl (C=O) groups is 2. The lowest BCUT2D eigenvalue weighted by atomic mass is 9.75. The van der Waals surface area contributed by atoms with E-state index in [1.54, 1.807) is 23.1 Å². The third kappa shape index (κ3) is 3.23. The van der Waals surface area contributed by atoms with Gasteiger partial charge in [-0.1, -0.05) is 25.1 Å². The van der Waals surface area contributed by atoms with Gasteiger partial charge < -0.3 is 10.6 Å². The van der Waals surface area contributed by atoms with Gasteiger partial charge in [0.1, 0.15) is 5.82 Å². The van der Waals surface area contributed by atoms with Gasteiger partial charge in [0.05, 0.1) is 11.8 Å². The molecule has 1 aliphatic heterocycles. The lowest BCUT2D eigenvalue weighted by Gasteiger charge is -2.39. The number of nitrogens with two attached hydrogens (primary N) is 1. The van der Waals surface area contributed by atoms with E-state index < -0.39 is 5.41 Å². The molecular formula is C16H21FN2O2. The Bertz CT molecular complexity index is 537. The Balaban J connectivity index is 1.98. The van der Waals surface area contributed by atoms with E-state index in [1.807, 2.05) is 6.92 Å². The van der Waals surface area contributed by atoms with Crippen LogP contribution in [0.4, 0.5) is 4.39 Å². The Hall–Kier alpha value is -1.91. The second-order valence-corrected chi connectivity index (χ2v) is 5.65. The van der Waals surface area contributed by atoms with Crippen LogP contribution in [0.5, 0.6) is 0 Å². The van der Waals surface area contributed by atoms with Crippen molar-refractivity contribution in [3.63, 3.8) is 0 Å². The normalized spacial score (nSPS) is 17.5. The second-order valence-electron chi connectivity index (χ2n) is 5.65. The molecule has 0 aromatic heterocycles. The minimum atomic E-state index is -0.491. The summed E-state index contributed by atoms with van der Waals surface area (Å²) in [6.07, 6.45) is 1.92. The fourth-order valence-corrected chi connectivity index (χ4v) is 2.87. The molecule has 21 heavy (non-hydrogen) atoms. The summed E-state index contributed by atoms with van der Waals surface area (Å²) in [5.41, 5.74) is 5.40. The number of primary amides is 1. The molecule has 0 saturated carbocycles. The number of hydrogen-bond donors (Lipinski definition) is 1. The molecule has 114 valence electrons. The Kier molecular flexibility index (Phi) is 4.60. The number of rotatable bonds is 4. The molecular weight excluding hydrogens is 271 g/mol. The molecule has 1 saturated heterocycles. The van der Waals surface area contributed by atoms with Crippen molar-refractivity contribution >= 4 is 11.8 Å². The van der Waals surface area contributed by atoms with Crippen LogP contribution in [0.25, 0.3) is 0 Å². The van der Waals surface area contributed by atoms with Gasteiger partial charge in [0.25, 0.3) is 0 Å². The Morgan fingerprint density at radius 2 is 1.90 bits per heavy atom. The van der Waals surface area contributed by atoms with Crippen molar-refractivity contribution in [3.05, 3.63) is 35.6 Å². The van der Waals surface area contributed by atoms with Gasteiger partial charge in [-0.25, -0.2) is 4.39 Å². The lowest BCUT2D eigenvalue weighted by molar-refractivity contribution is -0.138. The SMILES string of the molecule is CCC1(C(N)=O)CCN(C(=O)Cc2ccccc2F)CC1. The first-order valence-corrected chi connectivity index (χ1v) is 7.29. The maximum atomic E-state index is 13.6. The molecule has 0 atom stereocenters. The first-order chi connectivity index (χ1) is 9.98. The first kappa shape index (κ1) is 15.5. The molecule has 0 radical (unpaired) electrons. The summed E-state index contributed by atoms with van der Waals surface area (Å²) in [5.74, 6) is -0.747. The second kappa shape index (κ2) is 6.24. The number of benzene rings is 1. The van der Waals surface area contributed by atoms with Crippen molar-refractivity contribution in [2.75, 3.05) is 13.1 Å². The minimum absolute atomic E-state index is 0.0579. The molecule has 1 heterocycles. The van der Waals surface area contributed by atoms with Crippen LogP contribution in [0.1, 0.15) is 31.7 Å². The number of likely N-dealkylation sites (tertiary alicyclic amines) is 1. The Morgan fingerprint density at radius 1 is 1.29 bits per heavy atom. The van der Waals surface area contributed by atoms with Crippen molar-refractivity contribution in [2.45, 2.75) is 32.6 Å². The highest BCUT2D eigenvalue weighted by atomic mass is 19.1. The summed E-state index contributed by atoms with van der Waals surface area (Å²) in [5, 5.41) is 0. The van der Waals surface area contributed by atoms with Crippen LogP contribution >= 0.6 is 0 Å². The summed E-state index contributed by atoms with van der Waals surface area (Å²) < 4.78 is 13.6. The van der Waals surface area contributed by atoms with E-state index in [4.69, 9.17) is 5.73 Å². The summed E-state index contributed by atoms with van der Waals surface area (Å²) in [4.78, 5) is 25.5. The fraction of sp³-hybridized carbons (Fsp3) is 0.500. The zero-order chi connectivity index (χ0) is 15.5. The summed E-state index contributed by atoms with van der Waals surface area (Å²) in [6.45, 7) is 2.95. The van der Waals surface area contributed by atoms with Crippen LogP contribution in [0.3, 0.4) is 0 Å². The third-order valence-corrected chi connectivity index (χ3v) is 4.57. The predicted octanol–water partition coefficient (Wildman–Crippen LogP) is 1.87. The zero-order valence-electron chi connectivity index (χ0n) is 12.3. The van der Waals surface area contributed by atoms with Crippen molar-refractivity contribution in [1.82, 2.24) is 4.90 Å². The largest absolute Gasteiger partial charge is 0.369 e. The van der Waals surface area contributed by atoms with Gasteiger partial charge in [-0.3, -0.25) is 9.59 Å². The number of amides is 2. The molecule has 1 aromatic rings. The molecule has 0 unspecified atom stereocenters. The molecule has 0 aliphatic carbocycles. The van der Waals surface area contributed by atoms with Gasteiger partial charge >= 0.3 is 0 Å². The average molecular weight is 292 g/mol. The van der Waals surface area contributed by atoms with Gasteiger partial charge in [0.2, 0.25) is 11.8 Å². The third-order valence-electron chi connectivity index (χ3n) is 4.57. The molecule has 2 rings (SSSR count). The molecule has 4 nitrogen and oxygen atoms in total. The number of hydrogen-bond acceptors (Lipinski definition) is 2. The van der Waals surface area contributed by atoms with E-state index >= 15 is 0 Å². The van der Waals surface area contributed by atoms with Crippen molar-refractivity contribution < 1.29 is 14.0 Å². The fourth-order valence-electron chi connectivity index (χ4n) is 2.87. The van der Waals surface area contributed by atoms with Crippen LogP contribution in [0, 0.1) is 11.2 Å². The molecule has 1 aliphatic rings. The van der Waals surface area contributed by atoms with Gasteiger partial charge in [-0.2, -0.15) is 0 Å². The van der Waals surface area contributed by atoms with Crippen molar-refractivity contribution in [3.8, 4) is 0 Å². The van der Waals surface area contributed by atoms with Crippen LogP contribution < -0.4 is 5.73 Å². The van der Waals surface area contributed by atoms with Crippen LogP contribution in [0.2, 0.25) is 0 Å². The molecule has 0 spiro atoms. The quantitative estimate of drug-likeness (QED) is 0.921. The van der Waals surface area contributed by atoms with Gasteiger partial charge in [-0.05, 0) is 30.9 Å². The number of nitrogens with zero attached hydrogens (tertiary/aromatic N) is 1. The number of halogens is 1. The van der Waals surface area contributed by atoms with Crippen molar-refractivity contribution in [1.29, 1.82) is 0 Å². The number of carbonyl (C=O) groups excluding carboxylic acids is 2. The van der Waals surface area contributed by atoms with E-state index in [9.17, 15) is 14.0 Å². The predicted molar refractivity (Wildman–Crippen MR) is 77.8 cm³/mol. The van der Waals surface area contributed by atoms with E-state index in [2.05, 4.69) is 0 Å². The number of piperidine rings is 1. The van der Waals surface area contributed by atoms with Gasteiger partial charge in [-0.15, -0.1) is 0 Å². The van der Waals surface area contributed by atoms with Crippen molar-refractivity contribution in [2.24, 2.45) is 11.1 Å². The summed E-state index contributed by atoms with van der Waals surface area (Å²) >= 11 is 0. The topological polar surface area (TPSA) is 63.4 Å². The average Bonchev–Trinajstić information content (AvgIpc) is 2.49. The zero-order valence-corrected chi connectivity index (χ0v) is 12.3. The van der Waals surface area contributed by atoms with E-state index in [0.717, 1.165) is 0 Å². The van der Waals surface area contributed by atoms with Gasteiger partial charge in [0.15, 0.2) is 0 Å². The highest BCUT2D eigenvalue weighted by Gasteiger charge is 2.39. The molecule has 1 aromatic carbocycles. The molecule has 0 bridgehead atoms. The van der Waals surface area contributed by atoms with Crippen LogP contribution in [-0.4, -0.2) is 29.8 Å². The molecule has 2 N–H and O–H groups in total. The van der Waals surface area contributed by atoms with Crippen LogP contribution in [0.15, 0.2) is 24.3 Å². The Morgan fingerprint density at radius 3 is 2.43 bits per heavy atom. The smallest absolute Gasteiger partial charge is 0.227 e. The van der Waals surface area contributed by atoms with E-state index in [1.165, 1.54) is 6.07 Å². The summed E-state index contributed by atoms with van der Waals surface area (Å²) in [7, 11) is 0. The minimum Gasteiger partial charge on any atom is -0.369 e. The van der Waals surface area contributed by atoms with Crippen LogP contribution in [-0.2, 0) is 16.0 Å². The lowest BCUT2D eigenvalue weighted by Crippen LogP contribution is -2.48.